The summed E-state index contributed by atoms with van der Waals surface area (Å²) in [5, 5.41) is 7.21. The average Bonchev–Trinajstić information content (AvgIpc) is 3.00. The van der Waals surface area contributed by atoms with Crippen molar-refractivity contribution in [3.8, 4) is 23.1 Å². The van der Waals surface area contributed by atoms with E-state index in [1.54, 1.807) is 4.68 Å². The Morgan fingerprint density at radius 3 is 2.40 bits per heavy atom. The van der Waals surface area contributed by atoms with Gasteiger partial charge in [0.2, 0.25) is 5.91 Å². The minimum Gasteiger partial charge on any atom is -0.463 e. The van der Waals surface area contributed by atoms with Crippen molar-refractivity contribution in [2.45, 2.75) is 20.8 Å². The number of aryl methyl sites for hydroxylation is 1. The molecule has 25 heavy (non-hydrogen) atoms. The van der Waals surface area contributed by atoms with Gasteiger partial charge < -0.3 is 10.1 Å². The first-order chi connectivity index (χ1) is 12.1. The number of aromatic nitrogens is 3. The van der Waals surface area contributed by atoms with Crippen LogP contribution >= 0.6 is 0 Å². The van der Waals surface area contributed by atoms with Crippen LogP contribution in [-0.2, 0) is 4.79 Å². The van der Waals surface area contributed by atoms with Gasteiger partial charge in [-0.05, 0) is 38.1 Å². The molecule has 1 heterocycles. The summed E-state index contributed by atoms with van der Waals surface area (Å²) in [6.45, 7) is 5.92. The Morgan fingerprint density at radius 2 is 1.80 bits per heavy atom. The number of benzene rings is 2. The van der Waals surface area contributed by atoms with Crippen LogP contribution in [0, 0.1) is 6.92 Å². The smallest absolute Gasteiger partial charge is 0.336 e. The summed E-state index contributed by atoms with van der Waals surface area (Å²) in [6, 6.07) is 15.9. The average molecular weight is 336 g/mol. The normalized spacial score (nSPS) is 10.5. The van der Waals surface area contributed by atoms with Gasteiger partial charge in [-0.15, -0.1) is 5.10 Å². The van der Waals surface area contributed by atoms with Crippen molar-refractivity contribution < 1.29 is 9.53 Å². The van der Waals surface area contributed by atoms with Gasteiger partial charge in [0.05, 0.1) is 12.3 Å². The molecule has 0 bridgehead atoms. The first-order valence-electron chi connectivity index (χ1n) is 8.11. The lowest BCUT2D eigenvalue weighted by molar-refractivity contribution is -0.114. The van der Waals surface area contributed by atoms with Crippen molar-refractivity contribution in [2.75, 3.05) is 11.9 Å². The van der Waals surface area contributed by atoms with Crippen LogP contribution in [0.5, 0.6) is 6.01 Å². The highest BCUT2D eigenvalue weighted by Gasteiger charge is 2.14. The minimum absolute atomic E-state index is 0.104. The first-order valence-corrected chi connectivity index (χ1v) is 8.11. The molecule has 0 spiro atoms. The molecular weight excluding hydrogens is 316 g/mol. The summed E-state index contributed by atoms with van der Waals surface area (Å²) in [7, 11) is 0. The Balaban J connectivity index is 2.01. The molecule has 3 aromatic rings. The summed E-state index contributed by atoms with van der Waals surface area (Å²) in [4.78, 5) is 15.7. The van der Waals surface area contributed by atoms with Gasteiger partial charge in [0.15, 0.2) is 5.82 Å². The largest absolute Gasteiger partial charge is 0.463 e. The monoisotopic (exact) mass is 336 g/mol. The molecule has 6 nitrogen and oxygen atoms in total. The highest BCUT2D eigenvalue weighted by atomic mass is 16.5. The van der Waals surface area contributed by atoms with Crippen LogP contribution in [0.15, 0.2) is 48.5 Å². The molecule has 0 atom stereocenters. The number of carbonyl (C=O) groups is 1. The van der Waals surface area contributed by atoms with Gasteiger partial charge in [-0.25, -0.2) is 4.68 Å². The van der Waals surface area contributed by atoms with Gasteiger partial charge in [0.25, 0.3) is 0 Å². The lowest BCUT2D eigenvalue weighted by Crippen LogP contribution is -2.06. The maximum Gasteiger partial charge on any atom is 0.336 e. The molecule has 128 valence electrons. The third-order valence-electron chi connectivity index (χ3n) is 3.60. The van der Waals surface area contributed by atoms with Crippen LogP contribution in [0.3, 0.4) is 0 Å². The third-order valence-corrected chi connectivity index (χ3v) is 3.60. The molecule has 0 fully saturated rings. The summed E-state index contributed by atoms with van der Waals surface area (Å²) in [5.41, 5.74) is 3.70. The highest BCUT2D eigenvalue weighted by molar-refractivity contribution is 5.88. The number of carbonyl (C=O) groups excluding carboxylic acids is 1. The fourth-order valence-corrected chi connectivity index (χ4v) is 2.44. The Bertz CT molecular complexity index is 867. The van der Waals surface area contributed by atoms with Gasteiger partial charge in [-0.2, -0.15) is 4.98 Å². The van der Waals surface area contributed by atoms with E-state index in [-0.39, 0.29) is 5.91 Å². The zero-order valence-electron chi connectivity index (χ0n) is 14.5. The predicted octanol–water partition coefficient (Wildman–Crippen LogP) is 3.60. The lowest BCUT2D eigenvalue weighted by atomic mass is 10.1. The standard InChI is InChI=1S/C19H20N4O2/c1-4-25-19-21-18(15-7-5-13(2)6-8-15)23(22-19)17-11-9-16(10-12-17)20-14(3)24/h5-12H,4H2,1-3H3,(H,20,24). The number of rotatable bonds is 5. The number of nitrogens with one attached hydrogen (secondary N) is 1. The van der Waals surface area contributed by atoms with Gasteiger partial charge in [0, 0.05) is 18.2 Å². The second kappa shape index (κ2) is 7.17. The number of hydrogen-bond donors (Lipinski definition) is 1. The fraction of sp³-hybridized carbons (Fsp3) is 0.211. The molecule has 1 aromatic heterocycles. The SMILES string of the molecule is CCOc1nc(-c2ccc(C)cc2)n(-c2ccc(NC(C)=O)cc2)n1. The van der Waals surface area contributed by atoms with E-state index in [0.717, 1.165) is 16.9 Å². The van der Waals surface area contributed by atoms with Crippen LogP contribution in [-0.4, -0.2) is 27.3 Å². The maximum absolute atomic E-state index is 11.2. The second-order valence-electron chi connectivity index (χ2n) is 5.66. The molecule has 0 radical (unpaired) electrons. The highest BCUT2D eigenvalue weighted by Crippen LogP contribution is 2.24. The molecule has 0 unspecified atom stereocenters. The van der Waals surface area contributed by atoms with Crippen molar-refractivity contribution >= 4 is 11.6 Å². The quantitative estimate of drug-likeness (QED) is 0.773. The molecule has 3 rings (SSSR count). The van der Waals surface area contributed by atoms with E-state index < -0.39 is 0 Å². The molecule has 0 saturated heterocycles. The van der Waals surface area contributed by atoms with E-state index in [9.17, 15) is 4.79 Å². The molecule has 6 heteroatoms. The van der Waals surface area contributed by atoms with Crippen molar-refractivity contribution in [3.05, 3.63) is 54.1 Å². The first kappa shape index (κ1) is 16.7. The summed E-state index contributed by atoms with van der Waals surface area (Å²) < 4.78 is 7.21. The number of amides is 1. The van der Waals surface area contributed by atoms with E-state index in [2.05, 4.69) is 15.4 Å². The molecule has 1 amide bonds. The number of ether oxygens (including phenoxy) is 1. The molecule has 2 aromatic carbocycles. The topological polar surface area (TPSA) is 69.0 Å². The number of nitrogens with zero attached hydrogens (tertiary/aromatic N) is 3. The van der Waals surface area contributed by atoms with Gasteiger partial charge in [-0.1, -0.05) is 29.8 Å². The van der Waals surface area contributed by atoms with Crippen LogP contribution in [0.2, 0.25) is 0 Å². The Kier molecular flexibility index (Phi) is 4.79. The lowest BCUT2D eigenvalue weighted by Gasteiger charge is -2.07. The van der Waals surface area contributed by atoms with Crippen LogP contribution in [0.25, 0.3) is 17.1 Å². The van der Waals surface area contributed by atoms with Gasteiger partial charge in [0.1, 0.15) is 0 Å². The van der Waals surface area contributed by atoms with Crippen molar-refractivity contribution in [3.63, 3.8) is 0 Å². The Labute approximate surface area is 146 Å². The summed E-state index contributed by atoms with van der Waals surface area (Å²) in [6.07, 6.45) is 0. The molecule has 1 N–H and O–H groups in total. The van der Waals surface area contributed by atoms with E-state index in [0.29, 0.717) is 18.4 Å². The maximum atomic E-state index is 11.2. The Hall–Kier alpha value is -3.15. The van der Waals surface area contributed by atoms with E-state index in [1.165, 1.54) is 12.5 Å². The Morgan fingerprint density at radius 1 is 1.12 bits per heavy atom. The van der Waals surface area contributed by atoms with Crippen molar-refractivity contribution in [1.82, 2.24) is 14.8 Å². The van der Waals surface area contributed by atoms with E-state index in [4.69, 9.17) is 4.74 Å². The zero-order valence-corrected chi connectivity index (χ0v) is 14.5. The van der Waals surface area contributed by atoms with Crippen molar-refractivity contribution in [2.24, 2.45) is 0 Å². The number of anilines is 1. The molecule has 0 saturated carbocycles. The molecule has 0 aliphatic rings. The van der Waals surface area contributed by atoms with Gasteiger partial charge in [-0.3, -0.25) is 4.79 Å². The third kappa shape index (κ3) is 3.85. The summed E-state index contributed by atoms with van der Waals surface area (Å²) >= 11 is 0. The summed E-state index contributed by atoms with van der Waals surface area (Å²) in [5.74, 6) is 0.600. The van der Waals surface area contributed by atoms with E-state index >= 15 is 0 Å². The van der Waals surface area contributed by atoms with Crippen LogP contribution < -0.4 is 10.1 Å². The fourth-order valence-electron chi connectivity index (χ4n) is 2.44. The predicted molar refractivity (Wildman–Crippen MR) is 97.0 cm³/mol. The van der Waals surface area contributed by atoms with Gasteiger partial charge >= 0.3 is 6.01 Å². The molecular formula is C19H20N4O2. The zero-order chi connectivity index (χ0) is 17.8. The molecule has 0 aliphatic heterocycles. The molecule has 0 aliphatic carbocycles. The van der Waals surface area contributed by atoms with E-state index in [1.807, 2.05) is 62.4 Å². The van der Waals surface area contributed by atoms with Crippen molar-refractivity contribution in [1.29, 1.82) is 0 Å². The second-order valence-corrected chi connectivity index (χ2v) is 5.66. The van der Waals surface area contributed by atoms with Crippen LogP contribution in [0.4, 0.5) is 5.69 Å². The minimum atomic E-state index is -0.104. The number of hydrogen-bond acceptors (Lipinski definition) is 4. The van der Waals surface area contributed by atoms with Crippen LogP contribution in [0.1, 0.15) is 19.4 Å².